The van der Waals surface area contributed by atoms with Gasteiger partial charge in [0.2, 0.25) is 0 Å². The van der Waals surface area contributed by atoms with Crippen LogP contribution in [0.5, 0.6) is 0 Å². The molecule has 6 heteroatoms. The van der Waals surface area contributed by atoms with Crippen molar-refractivity contribution in [3.8, 4) is 0 Å². The van der Waals surface area contributed by atoms with Gasteiger partial charge in [0, 0.05) is 6.54 Å². The summed E-state index contributed by atoms with van der Waals surface area (Å²) in [5.41, 5.74) is -0.464. The normalized spacial score (nSPS) is 17.1. The van der Waals surface area contributed by atoms with Crippen molar-refractivity contribution >= 4 is 22.0 Å². The standard InChI is InChI=1S/C12H18BrN3O2.2C2H6/c1-12(2,3)18-11(17)16-6-4-5-8(16)10-14-7-9(13)15-10;2*1-2/h7-8H,4-6H2,1-3H3,(H,14,15);2*1-2H3. The second kappa shape index (κ2) is 9.87. The second-order valence-electron chi connectivity index (χ2n) is 5.45. The number of hydrogen-bond acceptors (Lipinski definition) is 3. The third-order valence-electron chi connectivity index (χ3n) is 2.76. The summed E-state index contributed by atoms with van der Waals surface area (Å²) in [6.45, 7) is 14.3. The van der Waals surface area contributed by atoms with E-state index < -0.39 is 5.60 Å². The highest BCUT2D eigenvalue weighted by Gasteiger charge is 2.34. The average molecular weight is 376 g/mol. The topological polar surface area (TPSA) is 58.2 Å². The Hall–Kier alpha value is -1.04. The van der Waals surface area contributed by atoms with Crippen molar-refractivity contribution in [2.75, 3.05) is 6.54 Å². The van der Waals surface area contributed by atoms with Crippen molar-refractivity contribution in [1.82, 2.24) is 14.9 Å². The van der Waals surface area contributed by atoms with E-state index in [0.717, 1.165) is 29.8 Å². The second-order valence-corrected chi connectivity index (χ2v) is 6.30. The Morgan fingerprint density at radius 1 is 1.36 bits per heavy atom. The Morgan fingerprint density at radius 3 is 2.41 bits per heavy atom. The molecule has 1 unspecified atom stereocenters. The summed E-state index contributed by atoms with van der Waals surface area (Å²) in [5.74, 6) is 0.810. The highest BCUT2D eigenvalue weighted by molar-refractivity contribution is 9.10. The molecule has 1 aliphatic heterocycles. The van der Waals surface area contributed by atoms with Crippen molar-refractivity contribution in [3.63, 3.8) is 0 Å². The van der Waals surface area contributed by atoms with Gasteiger partial charge in [0.05, 0.1) is 12.2 Å². The Labute approximate surface area is 143 Å². The molecular weight excluding hydrogens is 346 g/mol. The SMILES string of the molecule is CC.CC.CC(C)(C)OC(=O)N1CCCC1c1ncc(Br)[nH]1. The molecule has 1 aromatic rings. The molecule has 0 aliphatic carbocycles. The first-order chi connectivity index (χ1) is 10.4. The Balaban J connectivity index is 0.00000102. The molecule has 0 bridgehead atoms. The summed E-state index contributed by atoms with van der Waals surface area (Å²) < 4.78 is 6.24. The first-order valence-electron chi connectivity index (χ1n) is 8.07. The summed E-state index contributed by atoms with van der Waals surface area (Å²) in [6.07, 6.45) is 3.33. The van der Waals surface area contributed by atoms with Crippen LogP contribution in [0, 0.1) is 0 Å². The number of hydrogen-bond donors (Lipinski definition) is 1. The molecule has 0 aromatic carbocycles. The Bertz CT molecular complexity index is 441. The lowest BCUT2D eigenvalue weighted by Crippen LogP contribution is -2.36. The lowest BCUT2D eigenvalue weighted by atomic mass is 10.2. The van der Waals surface area contributed by atoms with Crippen molar-refractivity contribution in [2.45, 2.75) is 73.0 Å². The number of amides is 1. The average Bonchev–Trinajstić information content (AvgIpc) is 3.09. The van der Waals surface area contributed by atoms with E-state index in [2.05, 4.69) is 25.9 Å². The largest absolute Gasteiger partial charge is 0.444 e. The van der Waals surface area contributed by atoms with Crippen LogP contribution in [0.4, 0.5) is 4.79 Å². The molecule has 5 nitrogen and oxygen atoms in total. The van der Waals surface area contributed by atoms with E-state index in [-0.39, 0.29) is 12.1 Å². The van der Waals surface area contributed by atoms with E-state index in [1.165, 1.54) is 0 Å². The molecular formula is C16H30BrN3O2. The van der Waals surface area contributed by atoms with E-state index in [1.54, 1.807) is 11.1 Å². The molecule has 0 radical (unpaired) electrons. The molecule has 1 fully saturated rings. The van der Waals surface area contributed by atoms with Gasteiger partial charge in [0.15, 0.2) is 0 Å². The minimum atomic E-state index is -0.464. The molecule has 1 atom stereocenters. The van der Waals surface area contributed by atoms with Crippen LogP contribution < -0.4 is 0 Å². The Kier molecular flexibility index (Phi) is 9.41. The van der Waals surface area contributed by atoms with E-state index >= 15 is 0 Å². The van der Waals surface area contributed by atoms with Gasteiger partial charge in [0.1, 0.15) is 16.0 Å². The molecule has 0 spiro atoms. The number of nitrogens with zero attached hydrogens (tertiary/aromatic N) is 2. The molecule has 1 N–H and O–H groups in total. The first-order valence-corrected chi connectivity index (χ1v) is 8.86. The number of likely N-dealkylation sites (tertiary alicyclic amines) is 1. The summed E-state index contributed by atoms with van der Waals surface area (Å²) in [4.78, 5) is 21.2. The zero-order valence-electron chi connectivity index (χ0n) is 14.9. The minimum Gasteiger partial charge on any atom is -0.444 e. The number of nitrogens with one attached hydrogen (secondary N) is 1. The van der Waals surface area contributed by atoms with E-state index in [4.69, 9.17) is 4.74 Å². The van der Waals surface area contributed by atoms with Crippen LogP contribution in [0.1, 0.15) is 73.2 Å². The summed E-state index contributed by atoms with van der Waals surface area (Å²) >= 11 is 3.33. The predicted octanol–water partition coefficient (Wildman–Crippen LogP) is 5.30. The molecule has 128 valence electrons. The number of aromatic nitrogens is 2. The number of imidazole rings is 1. The maximum absolute atomic E-state index is 12.1. The van der Waals surface area contributed by atoms with E-state index in [0.29, 0.717) is 0 Å². The Morgan fingerprint density at radius 2 is 1.95 bits per heavy atom. The number of carbonyl (C=O) groups excluding carboxylic acids is 1. The van der Waals surface area contributed by atoms with E-state index in [1.807, 2.05) is 48.5 Å². The van der Waals surface area contributed by atoms with Crippen molar-refractivity contribution < 1.29 is 9.53 Å². The molecule has 22 heavy (non-hydrogen) atoms. The van der Waals surface area contributed by atoms with Crippen LogP contribution in [0.3, 0.4) is 0 Å². The van der Waals surface area contributed by atoms with Crippen LogP contribution >= 0.6 is 15.9 Å². The van der Waals surface area contributed by atoms with Crippen LogP contribution in [-0.4, -0.2) is 33.1 Å². The number of aromatic amines is 1. The van der Waals surface area contributed by atoms with Gasteiger partial charge < -0.3 is 9.72 Å². The van der Waals surface area contributed by atoms with Gasteiger partial charge >= 0.3 is 6.09 Å². The van der Waals surface area contributed by atoms with Gasteiger partial charge in [-0.1, -0.05) is 27.7 Å². The molecule has 1 aliphatic rings. The fraction of sp³-hybridized carbons (Fsp3) is 0.750. The number of carbonyl (C=O) groups is 1. The number of halogens is 1. The number of H-pyrrole nitrogens is 1. The predicted molar refractivity (Wildman–Crippen MR) is 93.9 cm³/mol. The zero-order valence-corrected chi connectivity index (χ0v) is 16.5. The monoisotopic (exact) mass is 375 g/mol. The smallest absolute Gasteiger partial charge is 0.410 e. The molecule has 2 rings (SSSR count). The fourth-order valence-electron chi connectivity index (χ4n) is 2.07. The molecule has 1 saturated heterocycles. The van der Waals surface area contributed by atoms with Gasteiger partial charge in [0.25, 0.3) is 0 Å². The third kappa shape index (κ3) is 6.38. The fourth-order valence-corrected chi connectivity index (χ4v) is 2.38. The minimum absolute atomic E-state index is 0.00819. The summed E-state index contributed by atoms with van der Waals surface area (Å²) in [6, 6.07) is -0.00819. The van der Waals surface area contributed by atoms with Gasteiger partial charge in [-0.15, -0.1) is 0 Å². The van der Waals surface area contributed by atoms with Gasteiger partial charge in [-0.2, -0.15) is 0 Å². The number of ether oxygens (including phenoxy) is 1. The molecule has 2 heterocycles. The summed E-state index contributed by atoms with van der Waals surface area (Å²) in [5, 5.41) is 0. The van der Waals surface area contributed by atoms with E-state index in [9.17, 15) is 4.79 Å². The van der Waals surface area contributed by atoms with Gasteiger partial charge in [-0.25, -0.2) is 9.78 Å². The maximum atomic E-state index is 12.1. The lowest BCUT2D eigenvalue weighted by molar-refractivity contribution is 0.0218. The molecule has 1 amide bonds. The van der Waals surface area contributed by atoms with Crippen LogP contribution in [0.2, 0.25) is 0 Å². The first kappa shape index (κ1) is 21.0. The number of rotatable bonds is 1. The van der Waals surface area contributed by atoms with Crippen molar-refractivity contribution in [2.24, 2.45) is 0 Å². The van der Waals surface area contributed by atoms with Gasteiger partial charge in [-0.05, 0) is 49.5 Å². The maximum Gasteiger partial charge on any atom is 0.410 e. The van der Waals surface area contributed by atoms with Crippen molar-refractivity contribution in [3.05, 3.63) is 16.6 Å². The zero-order chi connectivity index (χ0) is 17.3. The quantitative estimate of drug-likeness (QED) is 0.724. The summed E-state index contributed by atoms with van der Waals surface area (Å²) in [7, 11) is 0. The highest BCUT2D eigenvalue weighted by atomic mass is 79.9. The molecule has 0 saturated carbocycles. The van der Waals surface area contributed by atoms with Crippen LogP contribution in [0.25, 0.3) is 0 Å². The van der Waals surface area contributed by atoms with Gasteiger partial charge in [-0.3, -0.25) is 4.90 Å². The highest BCUT2D eigenvalue weighted by Crippen LogP contribution is 2.31. The third-order valence-corrected chi connectivity index (χ3v) is 3.16. The van der Waals surface area contributed by atoms with Crippen molar-refractivity contribution in [1.29, 1.82) is 0 Å². The van der Waals surface area contributed by atoms with Crippen LogP contribution in [-0.2, 0) is 4.74 Å². The van der Waals surface area contributed by atoms with Crippen LogP contribution in [0.15, 0.2) is 10.8 Å². The molecule has 1 aromatic heterocycles. The lowest BCUT2D eigenvalue weighted by Gasteiger charge is -2.27.